The molecule has 1 aromatic heterocycles. The molecule has 1 aliphatic rings. The lowest BCUT2D eigenvalue weighted by atomic mass is 9.89. The maximum absolute atomic E-state index is 11.2. The van der Waals surface area contributed by atoms with Crippen LogP contribution in [0.4, 0.5) is 0 Å². The van der Waals surface area contributed by atoms with Crippen LogP contribution in [0.25, 0.3) is 22.4 Å². The Hall–Kier alpha value is -3.64. The van der Waals surface area contributed by atoms with Gasteiger partial charge in [0, 0.05) is 17.3 Å². The maximum atomic E-state index is 11.2. The number of benzene rings is 2. The van der Waals surface area contributed by atoms with Crippen LogP contribution in [0.15, 0.2) is 84.1 Å². The van der Waals surface area contributed by atoms with E-state index in [2.05, 4.69) is 41.4 Å². The summed E-state index contributed by atoms with van der Waals surface area (Å²) in [6.45, 7) is 0.589. The molecule has 1 heterocycles. The lowest BCUT2D eigenvalue weighted by molar-refractivity contribution is -0.414. The molecule has 3 aromatic rings. The highest BCUT2D eigenvalue weighted by molar-refractivity contribution is 5.72. The van der Waals surface area contributed by atoms with Crippen LogP contribution in [0.5, 0.6) is 5.88 Å². The van der Waals surface area contributed by atoms with Crippen molar-refractivity contribution in [2.45, 2.75) is 51.1 Å². The van der Waals surface area contributed by atoms with E-state index in [1.54, 1.807) is 0 Å². The number of aliphatic carboxylic acids is 1. The zero-order valence-corrected chi connectivity index (χ0v) is 20.1. The number of hydrogen-bond donors (Lipinski definition) is 3. The van der Waals surface area contributed by atoms with E-state index in [9.17, 15) is 4.79 Å². The molecular weight excluding hydrogens is 438 g/mol. The highest BCUT2D eigenvalue weighted by Gasteiger charge is 2.20. The van der Waals surface area contributed by atoms with Gasteiger partial charge in [-0.05, 0) is 62.1 Å². The molecule has 1 fully saturated rings. The molecule has 0 spiro atoms. The van der Waals surface area contributed by atoms with Crippen LogP contribution in [-0.4, -0.2) is 28.8 Å². The third kappa shape index (κ3) is 6.93. The lowest BCUT2D eigenvalue weighted by Gasteiger charge is -2.24. The number of unbranched alkanes of at least 4 members (excludes halogenated alkanes) is 2. The normalized spacial score (nSPS) is 13.6. The number of carboxylic acids is 1. The Morgan fingerprint density at radius 3 is 2.26 bits per heavy atom. The SMILES string of the molecule is [NH3+]C(NC(CCCCCOc1cc(-c2ccccc2)cc(-c2ccccc2)n1)=C1CCC1)C(=O)O. The van der Waals surface area contributed by atoms with Crippen molar-refractivity contribution in [2.24, 2.45) is 0 Å². The highest BCUT2D eigenvalue weighted by Crippen LogP contribution is 2.30. The molecule has 2 aromatic carbocycles. The van der Waals surface area contributed by atoms with Gasteiger partial charge in [0.15, 0.2) is 0 Å². The van der Waals surface area contributed by atoms with E-state index in [0.717, 1.165) is 66.6 Å². The van der Waals surface area contributed by atoms with E-state index >= 15 is 0 Å². The van der Waals surface area contributed by atoms with Gasteiger partial charge in [-0.15, -0.1) is 0 Å². The van der Waals surface area contributed by atoms with Gasteiger partial charge in [0.2, 0.25) is 5.88 Å². The molecule has 1 unspecified atom stereocenters. The van der Waals surface area contributed by atoms with E-state index in [-0.39, 0.29) is 0 Å². The Balaban J connectivity index is 1.34. The topological polar surface area (TPSA) is 99.1 Å². The molecule has 4 rings (SSSR count). The van der Waals surface area contributed by atoms with Crippen molar-refractivity contribution in [3.8, 4) is 28.3 Å². The Morgan fingerprint density at radius 2 is 1.63 bits per heavy atom. The summed E-state index contributed by atoms with van der Waals surface area (Å²) in [5.41, 5.74) is 10.3. The fourth-order valence-electron chi connectivity index (χ4n) is 4.17. The Kier molecular flexibility index (Phi) is 8.52. The van der Waals surface area contributed by atoms with Gasteiger partial charge in [0.25, 0.3) is 6.17 Å². The van der Waals surface area contributed by atoms with Crippen molar-refractivity contribution in [1.29, 1.82) is 0 Å². The van der Waals surface area contributed by atoms with Crippen molar-refractivity contribution in [3.63, 3.8) is 0 Å². The lowest BCUT2D eigenvalue weighted by Crippen LogP contribution is -2.71. The fraction of sp³-hybridized carbons (Fsp3) is 0.310. The summed E-state index contributed by atoms with van der Waals surface area (Å²) in [7, 11) is 0. The van der Waals surface area contributed by atoms with Gasteiger partial charge in [-0.25, -0.2) is 9.78 Å². The number of carboxylic acid groups (broad SMARTS) is 1. The van der Waals surface area contributed by atoms with Gasteiger partial charge < -0.3 is 20.9 Å². The van der Waals surface area contributed by atoms with Gasteiger partial charge in [-0.2, -0.15) is 0 Å². The van der Waals surface area contributed by atoms with Crippen LogP contribution in [-0.2, 0) is 4.79 Å². The second-order valence-corrected chi connectivity index (χ2v) is 8.94. The van der Waals surface area contributed by atoms with Gasteiger partial charge in [0.1, 0.15) is 0 Å². The smallest absolute Gasteiger partial charge is 0.384 e. The van der Waals surface area contributed by atoms with Crippen molar-refractivity contribution in [2.75, 3.05) is 6.61 Å². The third-order valence-electron chi connectivity index (χ3n) is 6.33. The number of pyridine rings is 1. The summed E-state index contributed by atoms with van der Waals surface area (Å²) in [4.78, 5) is 15.9. The number of ether oxygens (including phenoxy) is 1. The molecule has 0 amide bonds. The van der Waals surface area contributed by atoms with Gasteiger partial charge >= 0.3 is 5.97 Å². The largest absolute Gasteiger partial charge is 0.478 e. The molecule has 0 radical (unpaired) electrons. The summed E-state index contributed by atoms with van der Waals surface area (Å²) < 4.78 is 6.09. The van der Waals surface area contributed by atoms with Crippen LogP contribution in [0.3, 0.4) is 0 Å². The number of nitrogens with zero attached hydrogens (tertiary/aromatic N) is 1. The molecule has 0 aliphatic heterocycles. The second kappa shape index (κ2) is 12.2. The molecule has 6 nitrogen and oxygen atoms in total. The van der Waals surface area contributed by atoms with Gasteiger partial charge in [0.05, 0.1) is 12.3 Å². The first kappa shape index (κ1) is 24.5. The molecule has 0 bridgehead atoms. The zero-order valence-electron chi connectivity index (χ0n) is 20.1. The van der Waals surface area contributed by atoms with Gasteiger partial charge in [-0.3, -0.25) is 0 Å². The van der Waals surface area contributed by atoms with Crippen LogP contribution < -0.4 is 15.8 Å². The number of nitrogens with one attached hydrogen (secondary N) is 1. The predicted molar refractivity (Wildman–Crippen MR) is 137 cm³/mol. The van der Waals surface area contributed by atoms with Crippen LogP contribution >= 0.6 is 0 Å². The molecular formula is C29H34N3O3+. The number of allylic oxidation sites excluding steroid dienone is 2. The Labute approximate surface area is 206 Å². The van der Waals surface area contributed by atoms with Crippen molar-refractivity contribution in [3.05, 3.63) is 84.1 Å². The number of rotatable bonds is 12. The quantitative estimate of drug-likeness (QED) is 0.253. The van der Waals surface area contributed by atoms with E-state index < -0.39 is 12.1 Å². The van der Waals surface area contributed by atoms with Crippen LogP contribution in [0.2, 0.25) is 0 Å². The van der Waals surface area contributed by atoms with Crippen molar-refractivity contribution < 1.29 is 20.4 Å². The molecule has 35 heavy (non-hydrogen) atoms. The first-order valence-electron chi connectivity index (χ1n) is 12.4. The van der Waals surface area contributed by atoms with Crippen molar-refractivity contribution >= 4 is 5.97 Å². The molecule has 0 saturated heterocycles. The van der Waals surface area contributed by atoms with Gasteiger partial charge in [-0.1, -0.05) is 66.2 Å². The molecule has 6 heteroatoms. The fourth-order valence-corrected chi connectivity index (χ4v) is 4.17. The van der Waals surface area contributed by atoms with Crippen LogP contribution in [0.1, 0.15) is 44.9 Å². The second-order valence-electron chi connectivity index (χ2n) is 8.94. The molecule has 1 saturated carbocycles. The first-order chi connectivity index (χ1) is 17.1. The monoisotopic (exact) mass is 472 g/mol. The van der Waals surface area contributed by atoms with Crippen molar-refractivity contribution in [1.82, 2.24) is 10.3 Å². The predicted octanol–water partition coefficient (Wildman–Crippen LogP) is 5.04. The van der Waals surface area contributed by atoms with E-state index in [1.165, 1.54) is 12.0 Å². The van der Waals surface area contributed by atoms with Crippen LogP contribution in [0, 0.1) is 0 Å². The average molecular weight is 473 g/mol. The number of carbonyl (C=O) groups is 1. The Morgan fingerprint density at radius 1 is 0.943 bits per heavy atom. The summed E-state index contributed by atoms with van der Waals surface area (Å²) in [5, 5.41) is 12.3. The minimum absolute atomic E-state index is 0.589. The summed E-state index contributed by atoms with van der Waals surface area (Å²) in [6, 6.07) is 24.5. The minimum Gasteiger partial charge on any atom is -0.478 e. The first-order valence-corrected chi connectivity index (χ1v) is 12.4. The molecule has 5 N–H and O–H groups in total. The summed E-state index contributed by atoms with van der Waals surface area (Å²) in [6.07, 6.45) is 6.25. The number of aromatic nitrogens is 1. The standard InChI is InChI=1S/C29H33N3O3/c30-28(29(33)34)32-25(22-15-10-16-22)17-8-3-9-18-35-27-20-24(21-11-4-1-5-12-21)19-26(31-27)23-13-6-2-7-14-23/h1-2,4-7,11-14,19-20,28,32H,3,8-10,15-18,30H2,(H,33,34)/p+1. The van der Waals surface area contributed by atoms with E-state index in [1.807, 2.05) is 42.5 Å². The summed E-state index contributed by atoms with van der Waals surface area (Å²) >= 11 is 0. The third-order valence-corrected chi connectivity index (χ3v) is 6.33. The molecule has 1 aliphatic carbocycles. The number of quaternary nitrogens is 1. The molecule has 1 atom stereocenters. The molecule has 182 valence electrons. The van der Waals surface area contributed by atoms with E-state index in [4.69, 9.17) is 14.8 Å². The average Bonchev–Trinajstić information content (AvgIpc) is 2.85. The minimum atomic E-state index is -0.920. The highest BCUT2D eigenvalue weighted by atomic mass is 16.5. The Bertz CT molecular complexity index is 1080. The zero-order chi connectivity index (χ0) is 24.5. The number of hydrogen-bond acceptors (Lipinski definition) is 4. The van der Waals surface area contributed by atoms with E-state index in [0.29, 0.717) is 12.5 Å². The summed E-state index contributed by atoms with van der Waals surface area (Å²) in [5.74, 6) is -0.290. The maximum Gasteiger partial charge on any atom is 0.384 e.